The van der Waals surface area contributed by atoms with Gasteiger partial charge in [0.15, 0.2) is 0 Å². The number of aromatic nitrogens is 1. The molecule has 0 aliphatic carbocycles. The Hall–Kier alpha value is -4.28. The first-order valence-corrected chi connectivity index (χ1v) is 10.7. The van der Waals surface area contributed by atoms with E-state index in [2.05, 4.69) is 21.3 Å². The van der Waals surface area contributed by atoms with E-state index < -0.39 is 29.3 Å². The number of anilines is 1. The number of hydrogen-bond donors (Lipinski definition) is 0. The number of carbonyl (C=O) groups excluding carboxylic acids is 1. The van der Waals surface area contributed by atoms with Crippen molar-refractivity contribution >= 4 is 24.2 Å². The number of methoxy groups -OCH3 is 1. The summed E-state index contributed by atoms with van der Waals surface area (Å²) in [5.41, 5.74) is 1.55. The highest BCUT2D eigenvalue weighted by Gasteiger charge is 2.36. The number of nitrogens with zero attached hydrogens (tertiary/aromatic N) is 3. The molecule has 0 bridgehead atoms. The monoisotopic (exact) mass is 519 g/mol. The Balaban J connectivity index is 0.000000886. The minimum atomic E-state index is -4.63. The Morgan fingerprint density at radius 3 is 2.43 bits per heavy atom. The highest BCUT2D eigenvalue weighted by molar-refractivity contribution is 5.94. The number of hydrogen-bond acceptors (Lipinski definition) is 6. The zero-order valence-corrected chi connectivity index (χ0v) is 20.1. The molecule has 0 radical (unpaired) electrons. The molecule has 2 aromatic carbocycles. The molecule has 194 valence electrons. The predicted octanol–water partition coefficient (Wildman–Crippen LogP) is 6.60. The van der Waals surface area contributed by atoms with Crippen LogP contribution < -0.4 is 9.64 Å². The van der Waals surface area contributed by atoms with Gasteiger partial charge in [-0.15, -0.1) is 0 Å². The lowest BCUT2D eigenvalue weighted by Crippen LogP contribution is -2.25. The van der Waals surface area contributed by atoms with Crippen molar-refractivity contribution < 1.29 is 36.2 Å². The lowest BCUT2D eigenvalue weighted by molar-refractivity contribution is -0.139. The van der Waals surface area contributed by atoms with Crippen molar-refractivity contribution in [1.29, 1.82) is 0 Å². The molecule has 0 atom stereocenters. The van der Waals surface area contributed by atoms with Crippen LogP contribution in [0.4, 0.5) is 27.6 Å². The van der Waals surface area contributed by atoms with Gasteiger partial charge in [-0.05, 0) is 55.3 Å². The van der Waals surface area contributed by atoms with Crippen LogP contribution in [0.2, 0.25) is 0 Å². The van der Waals surface area contributed by atoms with Gasteiger partial charge >= 0.3 is 6.18 Å². The highest BCUT2D eigenvalue weighted by atomic mass is 19.4. The molecule has 1 aromatic heterocycles. The first-order chi connectivity index (χ1) is 17.4. The number of alkyl halides is 3. The first kappa shape index (κ1) is 27.3. The fourth-order valence-electron chi connectivity index (χ4n) is 3.51. The summed E-state index contributed by atoms with van der Waals surface area (Å²) in [7, 11) is 1.31. The molecule has 4 rings (SSSR count). The van der Waals surface area contributed by atoms with E-state index in [-0.39, 0.29) is 12.3 Å². The van der Waals surface area contributed by atoms with E-state index in [0.717, 1.165) is 12.1 Å². The maximum absolute atomic E-state index is 14.3. The quantitative estimate of drug-likeness (QED) is 0.281. The molecule has 0 unspecified atom stereocenters. The van der Waals surface area contributed by atoms with Crippen molar-refractivity contribution in [3.63, 3.8) is 0 Å². The summed E-state index contributed by atoms with van der Waals surface area (Å²) in [6, 6.07) is 7.60. The third-order valence-electron chi connectivity index (χ3n) is 5.26. The fraction of sp³-hybridized carbons (Fsp3) is 0.192. The van der Waals surface area contributed by atoms with Crippen molar-refractivity contribution in [2.45, 2.75) is 26.6 Å². The van der Waals surface area contributed by atoms with Crippen LogP contribution in [-0.4, -0.2) is 24.9 Å². The van der Waals surface area contributed by atoms with E-state index in [1.807, 2.05) is 0 Å². The molecule has 37 heavy (non-hydrogen) atoms. The number of halogens is 5. The van der Waals surface area contributed by atoms with Crippen LogP contribution in [0, 0.1) is 25.5 Å². The third kappa shape index (κ3) is 6.49. The predicted molar refractivity (Wildman–Crippen MR) is 128 cm³/mol. The van der Waals surface area contributed by atoms with E-state index >= 15 is 0 Å². The molecular weight excluding hydrogens is 497 g/mol. The number of fused-ring (bicyclic) bond motifs is 1. The van der Waals surface area contributed by atoms with E-state index in [1.54, 1.807) is 17.9 Å². The van der Waals surface area contributed by atoms with Gasteiger partial charge in [-0.3, -0.25) is 4.79 Å². The van der Waals surface area contributed by atoms with Crippen molar-refractivity contribution in [1.82, 2.24) is 4.98 Å². The molecule has 0 saturated heterocycles. The Bertz CT molecular complexity index is 1330. The number of ether oxygens (including phenoxy) is 2. The second-order valence-corrected chi connectivity index (χ2v) is 7.98. The number of aryl methyl sites for hydroxylation is 2. The number of benzene rings is 2. The second kappa shape index (κ2) is 11.2. The number of carbonyl (C=O) groups is 1. The average Bonchev–Trinajstić information content (AvgIpc) is 2.83. The minimum absolute atomic E-state index is 0.0691. The standard InChI is InChI=1S/C24H18F5N3O.C2H4O2/c1-13-6-20(24(27,28)29)23(30-10-13)33-17-4-5-22-18(9-17)15(3)31-12-32(22)11-19-14(2)7-16(25)8-21(19)26;1-4-2-3/h4-10,12H,3,11H2,1-2H3;2H,1H3. The topological polar surface area (TPSA) is 64.0 Å². The lowest BCUT2D eigenvalue weighted by Gasteiger charge is -2.27. The van der Waals surface area contributed by atoms with Gasteiger partial charge in [0.2, 0.25) is 5.88 Å². The molecule has 6 nitrogen and oxygen atoms in total. The van der Waals surface area contributed by atoms with Crippen molar-refractivity contribution in [3.8, 4) is 11.6 Å². The third-order valence-corrected chi connectivity index (χ3v) is 5.26. The van der Waals surface area contributed by atoms with Gasteiger partial charge in [-0.25, -0.2) is 18.8 Å². The molecule has 3 aromatic rings. The van der Waals surface area contributed by atoms with Crippen LogP contribution in [0.3, 0.4) is 0 Å². The van der Waals surface area contributed by atoms with Crippen LogP contribution in [0.1, 0.15) is 27.8 Å². The molecule has 1 aliphatic rings. The summed E-state index contributed by atoms with van der Waals surface area (Å²) >= 11 is 0. The Morgan fingerprint density at radius 1 is 1.11 bits per heavy atom. The Labute approximate surface area is 209 Å². The summed E-state index contributed by atoms with van der Waals surface area (Å²) in [6.45, 7) is 7.42. The molecule has 11 heteroatoms. The van der Waals surface area contributed by atoms with Crippen molar-refractivity contribution in [2.24, 2.45) is 4.99 Å². The summed E-state index contributed by atoms with van der Waals surface area (Å²) in [4.78, 5) is 18.6. The first-order valence-electron chi connectivity index (χ1n) is 10.7. The average molecular weight is 519 g/mol. The number of pyridine rings is 1. The molecule has 0 spiro atoms. The maximum Gasteiger partial charge on any atom is 0.421 e. The molecule has 0 saturated carbocycles. The SMILES string of the molecule is C=C1N=CN(Cc2c(C)cc(F)cc2F)c2ccc(Oc3ncc(C)cc3C(F)(F)F)cc21.COC=O. The summed E-state index contributed by atoms with van der Waals surface area (Å²) < 4.78 is 77.3. The molecule has 2 heterocycles. The highest BCUT2D eigenvalue weighted by Crippen LogP contribution is 2.39. The van der Waals surface area contributed by atoms with Crippen LogP contribution in [-0.2, 0) is 22.3 Å². The van der Waals surface area contributed by atoms with Gasteiger partial charge in [0.25, 0.3) is 6.47 Å². The van der Waals surface area contributed by atoms with Gasteiger partial charge in [-0.1, -0.05) is 6.58 Å². The zero-order chi connectivity index (χ0) is 27.3. The van der Waals surface area contributed by atoms with Gasteiger partial charge in [-0.2, -0.15) is 13.2 Å². The van der Waals surface area contributed by atoms with Gasteiger partial charge in [0, 0.05) is 23.4 Å². The van der Waals surface area contributed by atoms with Crippen molar-refractivity contribution in [3.05, 3.63) is 88.6 Å². The second-order valence-electron chi connectivity index (χ2n) is 7.98. The van der Waals surface area contributed by atoms with E-state index in [0.29, 0.717) is 40.1 Å². The number of rotatable bonds is 5. The largest absolute Gasteiger partial charge is 0.471 e. The van der Waals surface area contributed by atoms with Crippen molar-refractivity contribution in [2.75, 3.05) is 12.0 Å². The van der Waals surface area contributed by atoms with Gasteiger partial charge in [0.05, 0.1) is 31.4 Å². The molecule has 0 N–H and O–H groups in total. The smallest absolute Gasteiger partial charge is 0.421 e. The lowest BCUT2D eigenvalue weighted by atomic mass is 10.0. The van der Waals surface area contributed by atoms with Crippen LogP contribution in [0.25, 0.3) is 5.70 Å². The Morgan fingerprint density at radius 2 is 1.81 bits per heavy atom. The molecule has 0 amide bonds. The summed E-state index contributed by atoms with van der Waals surface area (Å²) in [5, 5.41) is 0. The molecule has 0 fully saturated rings. The normalized spacial score (nSPS) is 12.4. The maximum atomic E-state index is 14.3. The van der Waals surface area contributed by atoms with E-state index in [9.17, 15) is 22.0 Å². The van der Waals surface area contributed by atoms with Gasteiger partial charge < -0.3 is 14.4 Å². The van der Waals surface area contributed by atoms with Crippen LogP contribution in [0.5, 0.6) is 11.6 Å². The molecular formula is C26H22F5N3O3. The van der Waals surface area contributed by atoms with Crippen LogP contribution >= 0.6 is 0 Å². The van der Waals surface area contributed by atoms with Crippen LogP contribution in [0.15, 0.2) is 54.2 Å². The minimum Gasteiger partial charge on any atom is -0.471 e. The Kier molecular flexibility index (Phi) is 8.26. The summed E-state index contributed by atoms with van der Waals surface area (Å²) in [5.74, 6) is -1.81. The number of aliphatic imine (C=N–C) groups is 1. The fourth-order valence-corrected chi connectivity index (χ4v) is 3.51. The van der Waals surface area contributed by atoms with Gasteiger partial charge in [0.1, 0.15) is 22.9 Å². The summed E-state index contributed by atoms with van der Waals surface area (Å²) in [6.07, 6.45) is -1.88. The molecule has 1 aliphatic heterocycles. The zero-order valence-electron chi connectivity index (χ0n) is 20.1. The van der Waals surface area contributed by atoms with E-state index in [4.69, 9.17) is 9.53 Å². The van der Waals surface area contributed by atoms with E-state index in [1.165, 1.54) is 44.8 Å².